The van der Waals surface area contributed by atoms with Crippen molar-refractivity contribution in [1.29, 1.82) is 0 Å². The van der Waals surface area contributed by atoms with Gasteiger partial charge < -0.3 is 21.2 Å². The zero-order chi connectivity index (χ0) is 31.1. The quantitative estimate of drug-likeness (QED) is 0.0592. The van der Waals surface area contributed by atoms with E-state index in [9.17, 15) is 4.79 Å². The minimum Gasteiger partial charge on any atom is -0.462 e. The highest BCUT2D eigenvalue weighted by Crippen LogP contribution is 2.33. The number of rotatable bonds is 19. The van der Waals surface area contributed by atoms with Gasteiger partial charge in [-0.25, -0.2) is 4.79 Å². The molecule has 0 aromatic rings. The highest BCUT2D eigenvalue weighted by molar-refractivity contribution is 6.90. The summed E-state index contributed by atoms with van der Waals surface area (Å²) in [5.74, 6) is -0.325. The summed E-state index contributed by atoms with van der Waals surface area (Å²) in [6.07, 6.45) is 0.745. The highest BCUT2D eigenvalue weighted by atomic mass is 28.5. The molecule has 0 aliphatic rings. The summed E-state index contributed by atoms with van der Waals surface area (Å²) in [7, 11) is -13.2. The molecule has 0 spiro atoms. The third-order valence-corrected chi connectivity index (χ3v) is 31.4. The fraction of sp³-hybridized carbons (Fsp3) is 0.885. The van der Waals surface area contributed by atoms with Gasteiger partial charge in [-0.3, -0.25) is 0 Å². The first kappa shape index (κ1) is 39.6. The fourth-order valence-corrected chi connectivity index (χ4v) is 41.1. The average molecular weight is 669 g/mol. The molecule has 0 rings (SSSR count). The van der Waals surface area contributed by atoms with E-state index in [0.717, 1.165) is 36.6 Å². The molecule has 0 heterocycles. The Hall–Kier alpha value is 0.568. The van der Waals surface area contributed by atoms with E-state index in [4.69, 9.17) is 21.2 Å². The second-order valence-electron chi connectivity index (χ2n) is 15.8. The molecule has 0 amide bonds. The molecule has 13 heteroatoms. The Kier molecular flexibility index (Phi) is 15.1. The summed E-state index contributed by atoms with van der Waals surface area (Å²) in [5, 5.41) is 0. The first-order chi connectivity index (χ1) is 17.1. The largest absolute Gasteiger partial charge is 0.462 e. The molecule has 0 aromatic heterocycles. The Morgan fingerprint density at radius 2 is 0.846 bits per heavy atom. The Labute approximate surface area is 250 Å². The van der Waals surface area contributed by atoms with Gasteiger partial charge in [-0.2, -0.15) is 0 Å². The number of carbonyl (C=O) groups excluding carboxylic acids is 1. The number of hydrogen-bond acceptors (Lipinski definition) is 6. The van der Waals surface area contributed by atoms with E-state index in [0.29, 0.717) is 12.2 Å². The van der Waals surface area contributed by atoms with E-state index in [1.807, 2.05) is 0 Å². The summed E-state index contributed by atoms with van der Waals surface area (Å²) in [6.45, 7) is 40.5. The van der Waals surface area contributed by atoms with Crippen LogP contribution in [0.25, 0.3) is 0 Å². The van der Waals surface area contributed by atoms with Crippen LogP contribution in [0.5, 0.6) is 0 Å². The van der Waals surface area contributed by atoms with Gasteiger partial charge in [-0.05, 0) is 142 Å². The van der Waals surface area contributed by atoms with Gasteiger partial charge >= 0.3 is 14.5 Å². The van der Waals surface area contributed by atoms with Crippen LogP contribution in [0.4, 0.5) is 0 Å². The molecule has 0 saturated heterocycles. The van der Waals surface area contributed by atoms with Crippen LogP contribution >= 0.6 is 0 Å². The normalized spacial score (nSPS) is 14.5. The summed E-state index contributed by atoms with van der Waals surface area (Å²) in [6, 6.07) is 5.22. The summed E-state index contributed by atoms with van der Waals surface area (Å²) >= 11 is 0. The lowest BCUT2D eigenvalue weighted by Gasteiger charge is -2.42. The van der Waals surface area contributed by atoms with Crippen molar-refractivity contribution < 1.29 is 26.0 Å². The summed E-state index contributed by atoms with van der Waals surface area (Å²) in [4.78, 5) is 11.9. The van der Waals surface area contributed by atoms with Crippen LogP contribution in [0.15, 0.2) is 12.2 Å². The van der Waals surface area contributed by atoms with Crippen molar-refractivity contribution in [2.24, 2.45) is 0 Å². The van der Waals surface area contributed by atoms with Crippen LogP contribution in [-0.4, -0.2) is 71.0 Å². The Morgan fingerprint density at radius 3 is 1.13 bits per heavy atom. The minimum atomic E-state index is -2.53. The molecule has 0 bridgehead atoms. The van der Waals surface area contributed by atoms with Gasteiger partial charge in [0.1, 0.15) is 0 Å². The molecule has 6 nitrogen and oxygen atoms in total. The van der Waals surface area contributed by atoms with Gasteiger partial charge in [0, 0.05) is 5.57 Å². The standard InChI is InChI=1S/C26H64O6Si7/c1-25(2)26(27)28-19-18-20-39(17,31-37(13,14)23-21-35(9,10)29-33(3,4)5)32-38(15,16)24-22-36(11,12)30-34(6,7)8/h1,18-24H2,2-17H3. The average Bonchev–Trinajstić information content (AvgIpc) is 2.64. The van der Waals surface area contributed by atoms with Crippen LogP contribution in [0, 0.1) is 0 Å². The van der Waals surface area contributed by atoms with Gasteiger partial charge in [0.05, 0.1) is 6.61 Å². The van der Waals surface area contributed by atoms with Crippen molar-refractivity contribution in [1.82, 2.24) is 0 Å². The first-order valence-electron chi connectivity index (χ1n) is 14.7. The van der Waals surface area contributed by atoms with Gasteiger partial charge in [0.2, 0.25) is 0 Å². The van der Waals surface area contributed by atoms with E-state index in [2.05, 4.69) is 105 Å². The number of hydrogen-bond donors (Lipinski definition) is 0. The lowest BCUT2D eigenvalue weighted by molar-refractivity contribution is -0.138. The maximum atomic E-state index is 11.9. The minimum absolute atomic E-state index is 0.325. The molecule has 39 heavy (non-hydrogen) atoms. The zero-order valence-corrected chi connectivity index (χ0v) is 35.6. The lowest BCUT2D eigenvalue weighted by atomic mass is 10.4. The van der Waals surface area contributed by atoms with Crippen molar-refractivity contribution in [3.8, 4) is 0 Å². The maximum absolute atomic E-state index is 11.9. The van der Waals surface area contributed by atoms with E-state index >= 15 is 0 Å². The van der Waals surface area contributed by atoms with Crippen LogP contribution < -0.4 is 0 Å². The van der Waals surface area contributed by atoms with E-state index < -0.39 is 58.5 Å². The Balaban J connectivity index is 5.61. The molecular formula is C26H64O6Si7. The van der Waals surface area contributed by atoms with E-state index in [1.54, 1.807) is 6.92 Å². The topological polar surface area (TPSA) is 63.2 Å². The molecule has 0 atom stereocenters. The number of carbonyl (C=O) groups is 1. The van der Waals surface area contributed by atoms with Gasteiger partial charge in [0.15, 0.2) is 49.9 Å². The van der Waals surface area contributed by atoms with Crippen LogP contribution in [0.2, 0.25) is 128 Å². The Morgan fingerprint density at radius 1 is 0.538 bits per heavy atom. The van der Waals surface area contributed by atoms with Crippen molar-refractivity contribution in [3.63, 3.8) is 0 Å². The second-order valence-corrected chi connectivity index (χ2v) is 46.4. The number of ether oxygens (including phenoxy) is 1. The van der Waals surface area contributed by atoms with Gasteiger partial charge in [0.25, 0.3) is 0 Å². The molecule has 0 fully saturated rings. The van der Waals surface area contributed by atoms with E-state index in [-0.39, 0.29) is 5.97 Å². The maximum Gasteiger partial charge on any atom is 0.333 e. The zero-order valence-electron chi connectivity index (χ0n) is 28.6. The predicted molar refractivity (Wildman–Crippen MR) is 187 cm³/mol. The Bertz CT molecular complexity index is 756. The van der Waals surface area contributed by atoms with Crippen molar-refractivity contribution in [3.05, 3.63) is 12.2 Å². The highest BCUT2D eigenvalue weighted by Gasteiger charge is 2.44. The van der Waals surface area contributed by atoms with Crippen molar-refractivity contribution in [2.75, 3.05) is 6.61 Å². The molecule has 0 N–H and O–H groups in total. The van der Waals surface area contributed by atoms with Crippen LogP contribution in [0.1, 0.15) is 13.3 Å². The van der Waals surface area contributed by atoms with E-state index in [1.165, 1.54) is 0 Å². The number of esters is 1. The summed E-state index contributed by atoms with van der Waals surface area (Å²) in [5.41, 5.74) is 0.434. The monoisotopic (exact) mass is 668 g/mol. The van der Waals surface area contributed by atoms with Crippen LogP contribution in [0.3, 0.4) is 0 Å². The molecule has 232 valence electrons. The summed E-state index contributed by atoms with van der Waals surface area (Å²) < 4.78 is 33.0. The molecule has 0 unspecified atom stereocenters. The van der Waals surface area contributed by atoms with Crippen LogP contribution in [-0.2, 0) is 26.0 Å². The SMILES string of the molecule is C=C(C)C(=O)OCCC[Si](C)(O[Si](C)(C)CC[Si](C)(C)O[Si](C)(C)C)O[Si](C)(C)CC[Si](C)(C)O[Si](C)(C)C. The second kappa shape index (κ2) is 14.8. The molecule has 0 saturated carbocycles. The third-order valence-electron chi connectivity index (χ3n) is 6.16. The third kappa shape index (κ3) is 20.2. The first-order valence-corrected chi connectivity index (χ1v) is 36.5. The van der Waals surface area contributed by atoms with Gasteiger partial charge in [-0.15, -0.1) is 0 Å². The molecule has 0 aromatic carbocycles. The smallest absolute Gasteiger partial charge is 0.333 e. The predicted octanol–water partition coefficient (Wildman–Crippen LogP) is 9.12. The van der Waals surface area contributed by atoms with Gasteiger partial charge in [-0.1, -0.05) is 6.58 Å². The fourth-order valence-electron chi connectivity index (χ4n) is 5.04. The molecular weight excluding hydrogens is 605 g/mol. The van der Waals surface area contributed by atoms with Crippen molar-refractivity contribution >= 4 is 64.4 Å². The molecule has 0 aliphatic carbocycles. The molecule has 0 radical (unpaired) electrons. The van der Waals surface area contributed by atoms with Crippen molar-refractivity contribution in [2.45, 2.75) is 142 Å². The lowest BCUT2D eigenvalue weighted by Crippen LogP contribution is -2.55. The molecule has 0 aliphatic heterocycles.